The number of ether oxygens (including phenoxy) is 2. The molecule has 0 amide bonds. The number of carbonyl (C=O) groups is 1. The van der Waals surface area contributed by atoms with E-state index in [1.54, 1.807) is 12.1 Å². The number of ketones is 1. The van der Waals surface area contributed by atoms with Gasteiger partial charge in [-0.3, -0.25) is 9.36 Å². The molecule has 0 aliphatic carbocycles. The molecule has 0 radical (unpaired) electrons. The average Bonchev–Trinajstić information content (AvgIpc) is 3.45. The van der Waals surface area contributed by atoms with E-state index in [4.69, 9.17) is 9.47 Å². The van der Waals surface area contributed by atoms with Gasteiger partial charge in [0.2, 0.25) is 6.79 Å². The Morgan fingerprint density at radius 2 is 1.75 bits per heavy atom. The van der Waals surface area contributed by atoms with Crippen LogP contribution >= 0.6 is 11.8 Å². The molecule has 32 heavy (non-hydrogen) atoms. The highest BCUT2D eigenvalue weighted by Gasteiger charge is 2.19. The van der Waals surface area contributed by atoms with Crippen molar-refractivity contribution in [3.8, 4) is 28.6 Å². The van der Waals surface area contributed by atoms with Gasteiger partial charge in [-0.2, -0.15) is 0 Å². The molecule has 0 saturated heterocycles. The summed E-state index contributed by atoms with van der Waals surface area (Å²) in [5.74, 6) is 2.46. The molecule has 8 heteroatoms. The van der Waals surface area contributed by atoms with Gasteiger partial charge in [0, 0.05) is 11.1 Å². The van der Waals surface area contributed by atoms with Crippen LogP contribution < -0.4 is 9.47 Å². The van der Waals surface area contributed by atoms with Crippen LogP contribution in [0.15, 0.2) is 78.0 Å². The first-order valence-electron chi connectivity index (χ1n) is 9.99. The minimum absolute atomic E-state index is 0.0473. The van der Waals surface area contributed by atoms with E-state index in [1.165, 1.54) is 23.9 Å². The number of aromatic hydroxyl groups is 1. The number of benzene rings is 3. The monoisotopic (exact) mass is 445 g/mol. The lowest BCUT2D eigenvalue weighted by Gasteiger charge is -2.11. The third kappa shape index (κ3) is 4.17. The van der Waals surface area contributed by atoms with Crippen molar-refractivity contribution in [3.63, 3.8) is 0 Å². The summed E-state index contributed by atoms with van der Waals surface area (Å²) in [6, 6.07) is 21.9. The molecule has 1 aliphatic heterocycles. The summed E-state index contributed by atoms with van der Waals surface area (Å²) in [6.07, 6.45) is 0. The Labute approximate surface area is 188 Å². The standard InChI is InChI=1S/C24H19N3O4S/c28-19-9-7-17(8-10-19)20(29)14-32-24-26-25-23(18-4-2-1-3-5-18)27(24)13-16-6-11-21-22(12-16)31-15-30-21/h1-12,28H,13-15H2. The van der Waals surface area contributed by atoms with Gasteiger partial charge in [-0.25, -0.2) is 0 Å². The van der Waals surface area contributed by atoms with E-state index in [0.717, 1.165) is 22.7 Å². The predicted octanol–water partition coefficient (Wildman–Crippen LogP) is 4.40. The van der Waals surface area contributed by atoms with Gasteiger partial charge < -0.3 is 14.6 Å². The number of fused-ring (bicyclic) bond motifs is 1. The third-order valence-electron chi connectivity index (χ3n) is 5.05. The fraction of sp³-hybridized carbons (Fsp3) is 0.125. The summed E-state index contributed by atoms with van der Waals surface area (Å²) in [6.45, 7) is 0.741. The molecule has 0 saturated carbocycles. The summed E-state index contributed by atoms with van der Waals surface area (Å²) in [4.78, 5) is 12.6. The topological polar surface area (TPSA) is 86.5 Å². The molecule has 0 spiro atoms. The lowest BCUT2D eigenvalue weighted by Crippen LogP contribution is -2.07. The van der Waals surface area contributed by atoms with Crippen molar-refractivity contribution in [2.75, 3.05) is 12.5 Å². The van der Waals surface area contributed by atoms with Crippen molar-refractivity contribution in [1.29, 1.82) is 0 Å². The zero-order valence-electron chi connectivity index (χ0n) is 17.0. The van der Waals surface area contributed by atoms with E-state index in [0.29, 0.717) is 23.0 Å². The van der Waals surface area contributed by atoms with Crippen LogP contribution in [0.4, 0.5) is 0 Å². The number of aromatic nitrogens is 3. The number of nitrogens with zero attached hydrogens (tertiary/aromatic N) is 3. The number of thioether (sulfide) groups is 1. The first-order chi connectivity index (χ1) is 15.7. The van der Waals surface area contributed by atoms with Gasteiger partial charge in [0.05, 0.1) is 12.3 Å². The zero-order chi connectivity index (χ0) is 21.9. The fourth-order valence-corrected chi connectivity index (χ4v) is 4.25. The first kappa shape index (κ1) is 20.1. The third-order valence-corrected chi connectivity index (χ3v) is 6.01. The summed E-state index contributed by atoms with van der Waals surface area (Å²) in [7, 11) is 0. The van der Waals surface area contributed by atoms with E-state index in [-0.39, 0.29) is 24.1 Å². The molecule has 1 aromatic heterocycles. The second-order valence-electron chi connectivity index (χ2n) is 7.20. The van der Waals surface area contributed by atoms with E-state index < -0.39 is 0 Å². The smallest absolute Gasteiger partial charge is 0.231 e. The Morgan fingerprint density at radius 1 is 0.969 bits per heavy atom. The molecule has 160 valence electrons. The Hall–Kier alpha value is -3.78. The molecule has 4 aromatic rings. The van der Waals surface area contributed by atoms with Crippen LogP contribution in [-0.4, -0.2) is 38.2 Å². The average molecular weight is 446 g/mol. The molecule has 0 unspecified atom stereocenters. The second kappa shape index (κ2) is 8.76. The van der Waals surface area contributed by atoms with Gasteiger partial charge >= 0.3 is 0 Å². The normalized spacial score (nSPS) is 12.1. The Bertz CT molecular complexity index is 1260. The van der Waals surface area contributed by atoms with Gasteiger partial charge in [0.1, 0.15) is 5.75 Å². The van der Waals surface area contributed by atoms with Crippen molar-refractivity contribution in [2.24, 2.45) is 0 Å². The van der Waals surface area contributed by atoms with Crippen LogP contribution in [0.25, 0.3) is 11.4 Å². The van der Waals surface area contributed by atoms with Crippen molar-refractivity contribution in [2.45, 2.75) is 11.7 Å². The summed E-state index contributed by atoms with van der Waals surface area (Å²) < 4.78 is 12.9. The van der Waals surface area contributed by atoms with Gasteiger partial charge in [-0.05, 0) is 42.0 Å². The summed E-state index contributed by atoms with van der Waals surface area (Å²) in [5.41, 5.74) is 2.50. The SMILES string of the molecule is O=C(CSc1nnc(-c2ccccc2)n1Cc1ccc2c(c1)OCO2)c1ccc(O)cc1. The van der Waals surface area contributed by atoms with Crippen LogP contribution in [0.5, 0.6) is 17.2 Å². The van der Waals surface area contributed by atoms with E-state index in [2.05, 4.69) is 10.2 Å². The highest BCUT2D eigenvalue weighted by Crippen LogP contribution is 2.34. The van der Waals surface area contributed by atoms with E-state index in [1.807, 2.05) is 53.1 Å². The molecular formula is C24H19N3O4S. The van der Waals surface area contributed by atoms with Gasteiger partial charge in [-0.15, -0.1) is 10.2 Å². The molecule has 3 aromatic carbocycles. The quantitative estimate of drug-likeness (QED) is 0.333. The molecule has 5 rings (SSSR count). The second-order valence-corrected chi connectivity index (χ2v) is 8.15. The maximum absolute atomic E-state index is 12.6. The number of hydrogen-bond donors (Lipinski definition) is 1. The first-order valence-corrected chi connectivity index (χ1v) is 11.0. The lowest BCUT2D eigenvalue weighted by molar-refractivity contribution is 0.102. The molecule has 0 bridgehead atoms. The maximum atomic E-state index is 12.6. The molecular weight excluding hydrogens is 426 g/mol. The van der Waals surface area contributed by atoms with Crippen molar-refractivity contribution >= 4 is 17.5 Å². The number of Topliss-reactive ketones (excluding diaryl/α,β-unsaturated/α-hetero) is 1. The summed E-state index contributed by atoms with van der Waals surface area (Å²) in [5, 5.41) is 18.9. The van der Waals surface area contributed by atoms with Gasteiger partial charge in [0.15, 0.2) is 28.3 Å². The highest BCUT2D eigenvalue weighted by atomic mass is 32.2. The zero-order valence-corrected chi connectivity index (χ0v) is 17.8. The van der Waals surface area contributed by atoms with E-state index in [9.17, 15) is 9.90 Å². The maximum Gasteiger partial charge on any atom is 0.231 e. The number of rotatable bonds is 7. The van der Waals surface area contributed by atoms with Crippen LogP contribution in [0, 0.1) is 0 Å². The Kier molecular flexibility index (Phi) is 5.51. The summed E-state index contributed by atoms with van der Waals surface area (Å²) >= 11 is 1.34. The largest absolute Gasteiger partial charge is 0.508 e. The minimum Gasteiger partial charge on any atom is -0.508 e. The van der Waals surface area contributed by atoms with Crippen LogP contribution in [0.1, 0.15) is 15.9 Å². The van der Waals surface area contributed by atoms with Crippen LogP contribution in [0.2, 0.25) is 0 Å². The van der Waals surface area contributed by atoms with E-state index >= 15 is 0 Å². The molecule has 0 fully saturated rings. The molecule has 7 nitrogen and oxygen atoms in total. The van der Waals surface area contributed by atoms with Crippen molar-refractivity contribution in [1.82, 2.24) is 14.8 Å². The van der Waals surface area contributed by atoms with Crippen molar-refractivity contribution < 1.29 is 19.4 Å². The van der Waals surface area contributed by atoms with Crippen LogP contribution in [0.3, 0.4) is 0 Å². The van der Waals surface area contributed by atoms with Gasteiger partial charge in [-0.1, -0.05) is 48.2 Å². The number of phenols is 1. The van der Waals surface area contributed by atoms with Crippen molar-refractivity contribution in [3.05, 3.63) is 83.9 Å². The lowest BCUT2D eigenvalue weighted by atomic mass is 10.1. The fourth-order valence-electron chi connectivity index (χ4n) is 3.42. The molecule has 2 heterocycles. The Morgan fingerprint density at radius 3 is 2.56 bits per heavy atom. The number of carbonyl (C=O) groups excluding carboxylic acids is 1. The number of hydrogen-bond acceptors (Lipinski definition) is 7. The number of phenolic OH excluding ortho intramolecular Hbond substituents is 1. The van der Waals surface area contributed by atoms with Crippen LogP contribution in [-0.2, 0) is 6.54 Å². The molecule has 0 atom stereocenters. The molecule has 1 aliphatic rings. The van der Waals surface area contributed by atoms with Gasteiger partial charge in [0.25, 0.3) is 0 Å². The molecule has 1 N–H and O–H groups in total. The minimum atomic E-state index is -0.0473. The Balaban J connectivity index is 1.42. The predicted molar refractivity (Wildman–Crippen MR) is 120 cm³/mol. The highest BCUT2D eigenvalue weighted by molar-refractivity contribution is 7.99.